The van der Waals surface area contributed by atoms with Gasteiger partial charge in [-0.3, -0.25) is 9.59 Å². The summed E-state index contributed by atoms with van der Waals surface area (Å²) in [6.07, 6.45) is 67.3. The number of carbonyl (C=O) groups is 2. The Hall–Kier alpha value is -3.48. The molecule has 6 heteroatoms. The van der Waals surface area contributed by atoms with Gasteiger partial charge in [0.25, 0.3) is 0 Å². The highest BCUT2D eigenvalue weighted by molar-refractivity contribution is 5.77. The first kappa shape index (κ1) is 59.5. The lowest BCUT2D eigenvalue weighted by Gasteiger charge is -2.24. The molecule has 0 bridgehead atoms. The van der Waals surface area contributed by atoms with Crippen molar-refractivity contribution in [3.8, 4) is 0 Å². The zero-order chi connectivity index (χ0) is 45.9. The summed E-state index contributed by atoms with van der Waals surface area (Å²) in [5.74, 6) is -0.656. The Morgan fingerprint density at radius 2 is 0.889 bits per heavy atom. The third kappa shape index (κ3) is 44.9. The van der Waals surface area contributed by atoms with Crippen LogP contribution in [0.5, 0.6) is 0 Å². The highest BCUT2D eigenvalue weighted by atomic mass is 16.5. The van der Waals surface area contributed by atoms with Gasteiger partial charge >= 0.3 is 5.97 Å². The van der Waals surface area contributed by atoms with E-state index in [1.54, 1.807) is 0 Å². The van der Waals surface area contributed by atoms with Crippen molar-refractivity contribution in [3.63, 3.8) is 0 Å². The monoisotopic (exact) mass is 874 g/mol. The predicted molar refractivity (Wildman–Crippen MR) is 273 cm³/mol. The zero-order valence-corrected chi connectivity index (χ0v) is 40.7. The minimum atomic E-state index is -0.826. The Labute approximate surface area is 388 Å². The van der Waals surface area contributed by atoms with Crippen LogP contribution in [-0.2, 0) is 14.3 Å². The Morgan fingerprint density at radius 3 is 1.35 bits per heavy atom. The van der Waals surface area contributed by atoms with Crippen molar-refractivity contribution in [2.75, 3.05) is 6.61 Å². The van der Waals surface area contributed by atoms with Gasteiger partial charge in [-0.2, -0.15) is 0 Å². The zero-order valence-electron chi connectivity index (χ0n) is 40.7. The Kier molecular flexibility index (Phi) is 46.8. The normalized spacial score (nSPS) is 14.2. The van der Waals surface area contributed by atoms with E-state index < -0.39 is 18.2 Å². The van der Waals surface area contributed by atoms with E-state index in [2.05, 4.69) is 123 Å². The fraction of sp³-hybridized carbons (Fsp3) is 0.649. The SMILES string of the molecule is CC/C=C\C/C=C\C/C=C\C/C=C\C/C=C\CCCC(=O)OC(C/C=C\C/C=C\C/C=C\C/C=C\CCCCC)CC(=O)NC(CO)C(O)CCCCCCCCCCCCCC. The molecule has 0 aromatic rings. The Balaban J connectivity index is 4.84. The standard InChI is InChI=1S/C57H95NO5/c1-4-7-10-13-16-19-22-25-27-28-30-32-35-38-41-44-47-50-57(62)63-53(48-45-42-39-36-33-31-29-26-23-20-17-14-11-8-5-2)51-56(61)58-54(52-59)55(60)49-46-43-40-37-34-24-21-18-15-12-9-6-3/h7,10,16-17,19-20,25-27,29-30,32-33,36,38,41-42,45,53-55,59-60H,4-6,8-9,11-15,18,21-24,28,31,34-35,37,39-40,43-44,46-52H2,1-3H3,(H,58,61)/b10-7-,19-16-,20-17-,27-25-,29-26-,32-30-,36-33-,41-38-,45-42-. The molecule has 3 atom stereocenters. The molecule has 0 aliphatic carbocycles. The van der Waals surface area contributed by atoms with E-state index in [1.165, 1.54) is 77.0 Å². The number of hydrogen-bond acceptors (Lipinski definition) is 5. The minimum absolute atomic E-state index is 0.0274. The first-order valence-electron chi connectivity index (χ1n) is 25.6. The summed E-state index contributed by atoms with van der Waals surface area (Å²) in [7, 11) is 0. The van der Waals surface area contributed by atoms with Gasteiger partial charge in [-0.15, -0.1) is 0 Å². The lowest BCUT2D eigenvalue weighted by atomic mass is 10.0. The highest BCUT2D eigenvalue weighted by Crippen LogP contribution is 2.15. The summed E-state index contributed by atoms with van der Waals surface area (Å²) in [6, 6.07) is -0.749. The summed E-state index contributed by atoms with van der Waals surface area (Å²) in [5.41, 5.74) is 0. The average Bonchev–Trinajstić information content (AvgIpc) is 3.28. The Bertz CT molecular complexity index is 1300. The number of aliphatic hydroxyl groups excluding tert-OH is 2. The van der Waals surface area contributed by atoms with Gasteiger partial charge in [0.2, 0.25) is 5.91 Å². The number of aliphatic hydroxyl groups is 2. The van der Waals surface area contributed by atoms with Crippen LogP contribution < -0.4 is 5.32 Å². The second kappa shape index (κ2) is 49.5. The lowest BCUT2D eigenvalue weighted by molar-refractivity contribution is -0.150. The molecule has 63 heavy (non-hydrogen) atoms. The number of carbonyl (C=O) groups excluding carboxylic acids is 2. The number of esters is 1. The summed E-state index contributed by atoms with van der Waals surface area (Å²) in [6.45, 7) is 6.28. The first-order chi connectivity index (χ1) is 31.0. The van der Waals surface area contributed by atoms with Crippen LogP contribution in [0, 0.1) is 0 Å². The molecule has 0 saturated heterocycles. The van der Waals surface area contributed by atoms with E-state index >= 15 is 0 Å². The van der Waals surface area contributed by atoms with Crippen molar-refractivity contribution in [3.05, 3.63) is 109 Å². The van der Waals surface area contributed by atoms with Crippen LogP contribution >= 0.6 is 0 Å². The number of rotatable bonds is 44. The van der Waals surface area contributed by atoms with Crippen LogP contribution in [0.1, 0.15) is 213 Å². The average molecular weight is 874 g/mol. The van der Waals surface area contributed by atoms with Crippen molar-refractivity contribution in [1.29, 1.82) is 0 Å². The highest BCUT2D eigenvalue weighted by Gasteiger charge is 2.23. The molecule has 0 rings (SSSR count). The quantitative estimate of drug-likeness (QED) is 0.0322. The van der Waals surface area contributed by atoms with E-state index in [-0.39, 0.29) is 31.3 Å². The van der Waals surface area contributed by atoms with E-state index in [0.717, 1.165) is 83.5 Å². The molecular formula is C57H95NO5. The fourth-order valence-corrected chi connectivity index (χ4v) is 6.97. The lowest BCUT2D eigenvalue weighted by Crippen LogP contribution is -2.46. The van der Waals surface area contributed by atoms with Gasteiger partial charge in [0.15, 0.2) is 0 Å². The van der Waals surface area contributed by atoms with Gasteiger partial charge < -0.3 is 20.3 Å². The van der Waals surface area contributed by atoms with Crippen molar-refractivity contribution in [2.45, 2.75) is 232 Å². The van der Waals surface area contributed by atoms with Crippen LogP contribution in [0.25, 0.3) is 0 Å². The van der Waals surface area contributed by atoms with Gasteiger partial charge in [-0.05, 0) is 83.5 Å². The van der Waals surface area contributed by atoms with E-state index in [0.29, 0.717) is 19.3 Å². The molecule has 0 fully saturated rings. The van der Waals surface area contributed by atoms with Crippen LogP contribution in [0.15, 0.2) is 109 Å². The van der Waals surface area contributed by atoms with E-state index in [1.807, 2.05) is 12.2 Å². The molecule has 0 aromatic heterocycles. The molecule has 0 aliphatic heterocycles. The van der Waals surface area contributed by atoms with Crippen molar-refractivity contribution < 1.29 is 24.5 Å². The van der Waals surface area contributed by atoms with Crippen LogP contribution in [0.4, 0.5) is 0 Å². The second-order valence-electron chi connectivity index (χ2n) is 16.8. The van der Waals surface area contributed by atoms with Crippen molar-refractivity contribution >= 4 is 11.9 Å². The molecule has 0 radical (unpaired) electrons. The first-order valence-corrected chi connectivity index (χ1v) is 25.6. The molecule has 0 heterocycles. The topological polar surface area (TPSA) is 95.9 Å². The number of ether oxygens (including phenoxy) is 1. The molecule has 0 saturated carbocycles. The molecule has 1 amide bonds. The molecule has 0 aromatic carbocycles. The molecule has 358 valence electrons. The summed E-state index contributed by atoms with van der Waals surface area (Å²) in [5, 5.41) is 23.7. The number of hydrogen-bond donors (Lipinski definition) is 3. The minimum Gasteiger partial charge on any atom is -0.461 e. The third-order valence-corrected chi connectivity index (χ3v) is 10.8. The van der Waals surface area contributed by atoms with Gasteiger partial charge in [0.05, 0.1) is 25.2 Å². The van der Waals surface area contributed by atoms with Gasteiger partial charge in [0, 0.05) is 12.8 Å². The molecular weight excluding hydrogens is 779 g/mol. The fourth-order valence-electron chi connectivity index (χ4n) is 6.97. The van der Waals surface area contributed by atoms with E-state index in [9.17, 15) is 19.8 Å². The summed E-state index contributed by atoms with van der Waals surface area (Å²) in [4.78, 5) is 26.1. The van der Waals surface area contributed by atoms with Gasteiger partial charge in [-0.1, -0.05) is 220 Å². The third-order valence-electron chi connectivity index (χ3n) is 10.8. The number of amides is 1. The van der Waals surface area contributed by atoms with Gasteiger partial charge in [0.1, 0.15) is 6.10 Å². The second-order valence-corrected chi connectivity index (χ2v) is 16.8. The number of unbranched alkanes of at least 4 members (excludes halogenated alkanes) is 15. The molecule has 3 N–H and O–H groups in total. The van der Waals surface area contributed by atoms with Crippen LogP contribution in [0.2, 0.25) is 0 Å². The van der Waals surface area contributed by atoms with Crippen molar-refractivity contribution in [1.82, 2.24) is 5.32 Å². The van der Waals surface area contributed by atoms with Crippen molar-refractivity contribution in [2.24, 2.45) is 0 Å². The van der Waals surface area contributed by atoms with Gasteiger partial charge in [-0.25, -0.2) is 0 Å². The molecule has 6 nitrogen and oxygen atoms in total. The van der Waals surface area contributed by atoms with Crippen LogP contribution in [0.3, 0.4) is 0 Å². The maximum atomic E-state index is 13.2. The maximum absolute atomic E-state index is 13.2. The maximum Gasteiger partial charge on any atom is 0.306 e. The number of nitrogens with one attached hydrogen (secondary N) is 1. The van der Waals surface area contributed by atoms with E-state index in [4.69, 9.17) is 4.74 Å². The Morgan fingerprint density at radius 1 is 0.492 bits per heavy atom. The molecule has 0 spiro atoms. The summed E-state index contributed by atoms with van der Waals surface area (Å²) < 4.78 is 5.84. The number of allylic oxidation sites excluding steroid dienone is 17. The van der Waals surface area contributed by atoms with Crippen LogP contribution in [-0.4, -0.2) is 46.9 Å². The molecule has 0 aliphatic rings. The molecule has 3 unspecified atom stereocenters. The smallest absolute Gasteiger partial charge is 0.306 e. The predicted octanol–water partition coefficient (Wildman–Crippen LogP) is 15.5. The summed E-state index contributed by atoms with van der Waals surface area (Å²) >= 11 is 0. The largest absolute Gasteiger partial charge is 0.461 e.